The molecule has 0 spiro atoms. The van der Waals surface area contributed by atoms with Gasteiger partial charge in [-0.05, 0) is 76.5 Å². The molecule has 2 aromatic heterocycles. The lowest BCUT2D eigenvalue weighted by atomic mass is 10.0. The monoisotopic (exact) mass is 591 g/mol. The van der Waals surface area contributed by atoms with Crippen LogP contribution in [-0.2, 0) is 14.6 Å². The summed E-state index contributed by atoms with van der Waals surface area (Å²) in [5.41, 5.74) is 1.83. The number of hydrogen-bond acceptors (Lipinski definition) is 10. The molecule has 0 bridgehead atoms. The lowest BCUT2D eigenvalue weighted by Gasteiger charge is -2.34. The lowest BCUT2D eigenvalue weighted by Crippen LogP contribution is -2.44. The van der Waals surface area contributed by atoms with Crippen LogP contribution in [0.1, 0.15) is 26.7 Å². The molecule has 1 aromatic carbocycles. The van der Waals surface area contributed by atoms with Gasteiger partial charge in [0.2, 0.25) is 11.9 Å². The molecule has 0 saturated carbocycles. The van der Waals surface area contributed by atoms with E-state index >= 15 is 0 Å². The van der Waals surface area contributed by atoms with Crippen LogP contribution in [-0.4, -0.2) is 79.1 Å². The van der Waals surface area contributed by atoms with Crippen molar-refractivity contribution in [3.63, 3.8) is 0 Å². The van der Waals surface area contributed by atoms with E-state index < -0.39 is 15.1 Å². The summed E-state index contributed by atoms with van der Waals surface area (Å²) in [5, 5.41) is 10.5. The Hall–Kier alpha value is -2.77. The standard InChI is InChI=1S/C26H34ClN7O3S2/c1-17(2)39(36,37)25-22(11-14-38-25)31-24-21(27)15-28-26(32-24)30-19-7-5-18(6-8-19)29-23(35)16-34-12-9-20(10-13-34)33(3)4/h5-8,11,14-15,17,20H,9-10,12-13,16H2,1-4H3,(H,29,35)(H2,28,30,31,32). The zero-order chi connectivity index (χ0) is 28.2. The summed E-state index contributed by atoms with van der Waals surface area (Å²) < 4.78 is 25.6. The van der Waals surface area contributed by atoms with Crippen LogP contribution in [0.25, 0.3) is 0 Å². The second kappa shape index (κ2) is 12.6. The van der Waals surface area contributed by atoms with Crippen LogP contribution >= 0.6 is 22.9 Å². The maximum atomic E-state index is 12.7. The number of benzene rings is 1. The van der Waals surface area contributed by atoms with Crippen molar-refractivity contribution in [2.24, 2.45) is 0 Å². The predicted octanol–water partition coefficient (Wildman–Crippen LogP) is 4.83. The first kappa shape index (κ1) is 29.2. The fraction of sp³-hybridized carbons (Fsp3) is 0.423. The molecule has 1 amide bonds. The fourth-order valence-corrected chi connectivity index (χ4v) is 7.07. The van der Waals surface area contributed by atoms with Gasteiger partial charge in [-0.3, -0.25) is 9.69 Å². The van der Waals surface area contributed by atoms with E-state index in [1.54, 1.807) is 25.3 Å². The number of carbonyl (C=O) groups is 1. The van der Waals surface area contributed by atoms with Gasteiger partial charge in [0.1, 0.15) is 9.23 Å². The minimum absolute atomic E-state index is 0.0388. The number of nitrogens with one attached hydrogen (secondary N) is 3. The number of hydrogen-bond donors (Lipinski definition) is 3. The Labute approximate surface area is 238 Å². The number of anilines is 5. The van der Waals surface area contributed by atoms with Crippen LogP contribution < -0.4 is 16.0 Å². The lowest BCUT2D eigenvalue weighted by molar-refractivity contribution is -0.117. The van der Waals surface area contributed by atoms with Gasteiger partial charge in [0, 0.05) is 30.5 Å². The minimum atomic E-state index is -3.46. The number of aromatic nitrogens is 2. The highest BCUT2D eigenvalue weighted by Crippen LogP contribution is 2.34. The average molecular weight is 592 g/mol. The van der Waals surface area contributed by atoms with Gasteiger partial charge in [-0.2, -0.15) is 4.98 Å². The van der Waals surface area contributed by atoms with Crippen LogP contribution in [0.2, 0.25) is 5.02 Å². The van der Waals surface area contributed by atoms with E-state index in [1.807, 2.05) is 24.3 Å². The molecule has 3 aromatic rings. The van der Waals surface area contributed by atoms with Gasteiger partial charge < -0.3 is 20.9 Å². The zero-order valence-corrected chi connectivity index (χ0v) is 24.8. The number of sulfone groups is 1. The Bertz CT molecular complexity index is 1390. The number of piperidine rings is 1. The van der Waals surface area contributed by atoms with Crippen LogP contribution in [0.3, 0.4) is 0 Å². The molecule has 13 heteroatoms. The number of thiophene rings is 1. The van der Waals surface area contributed by atoms with Gasteiger partial charge in [-0.25, -0.2) is 13.4 Å². The van der Waals surface area contributed by atoms with E-state index in [9.17, 15) is 13.2 Å². The third kappa shape index (κ3) is 7.46. The van der Waals surface area contributed by atoms with E-state index in [1.165, 1.54) is 6.20 Å². The Morgan fingerprint density at radius 2 is 1.79 bits per heavy atom. The summed E-state index contributed by atoms with van der Waals surface area (Å²) in [6, 6.07) is 9.51. The highest BCUT2D eigenvalue weighted by molar-refractivity contribution is 7.94. The molecule has 1 saturated heterocycles. The molecule has 3 N–H and O–H groups in total. The molecular formula is C26H34ClN7O3S2. The van der Waals surface area contributed by atoms with Crippen LogP contribution in [0.5, 0.6) is 0 Å². The molecular weight excluding hydrogens is 558 g/mol. The Kier molecular flexibility index (Phi) is 9.44. The normalized spacial score (nSPS) is 15.1. The van der Waals surface area contributed by atoms with Crippen molar-refractivity contribution in [2.45, 2.75) is 42.2 Å². The van der Waals surface area contributed by atoms with E-state index in [0.717, 1.165) is 37.3 Å². The fourth-order valence-electron chi connectivity index (χ4n) is 4.23. The van der Waals surface area contributed by atoms with E-state index in [0.29, 0.717) is 29.6 Å². The first-order valence-corrected chi connectivity index (χ1v) is 15.5. The molecule has 0 atom stereocenters. The van der Waals surface area contributed by atoms with Crippen molar-refractivity contribution in [1.29, 1.82) is 0 Å². The Balaban J connectivity index is 1.35. The molecule has 1 aliphatic rings. The summed E-state index contributed by atoms with van der Waals surface area (Å²) in [6.45, 7) is 5.49. The maximum absolute atomic E-state index is 12.7. The van der Waals surface area contributed by atoms with Crippen molar-refractivity contribution in [1.82, 2.24) is 19.8 Å². The topological polar surface area (TPSA) is 120 Å². The van der Waals surface area contributed by atoms with Gasteiger partial charge in [0.15, 0.2) is 15.7 Å². The quantitative estimate of drug-likeness (QED) is 0.305. The van der Waals surface area contributed by atoms with Crippen molar-refractivity contribution in [3.8, 4) is 0 Å². The number of halogens is 1. The largest absolute Gasteiger partial charge is 0.337 e. The summed E-state index contributed by atoms with van der Waals surface area (Å²) >= 11 is 7.44. The van der Waals surface area contributed by atoms with Crippen molar-refractivity contribution in [3.05, 3.63) is 46.9 Å². The molecule has 1 aliphatic heterocycles. The zero-order valence-electron chi connectivity index (χ0n) is 22.4. The minimum Gasteiger partial charge on any atom is -0.337 e. The Morgan fingerprint density at radius 3 is 2.44 bits per heavy atom. The van der Waals surface area contributed by atoms with Crippen LogP contribution in [0.4, 0.5) is 28.8 Å². The summed E-state index contributed by atoms with van der Waals surface area (Å²) in [4.78, 5) is 25.6. The van der Waals surface area contributed by atoms with E-state index in [-0.39, 0.29) is 26.9 Å². The highest BCUT2D eigenvalue weighted by atomic mass is 35.5. The molecule has 0 aliphatic carbocycles. The molecule has 4 rings (SSSR count). The van der Waals surface area contributed by atoms with Crippen LogP contribution in [0.15, 0.2) is 46.1 Å². The third-order valence-electron chi connectivity index (χ3n) is 6.59. The number of likely N-dealkylation sites (tertiary alicyclic amines) is 1. The van der Waals surface area contributed by atoms with E-state index in [4.69, 9.17) is 11.6 Å². The maximum Gasteiger partial charge on any atom is 0.238 e. The van der Waals surface area contributed by atoms with Gasteiger partial charge in [0.05, 0.1) is 23.7 Å². The van der Waals surface area contributed by atoms with Crippen molar-refractivity contribution in [2.75, 3.05) is 49.7 Å². The smallest absolute Gasteiger partial charge is 0.238 e. The molecule has 0 radical (unpaired) electrons. The van der Waals surface area contributed by atoms with Crippen molar-refractivity contribution >= 4 is 67.5 Å². The van der Waals surface area contributed by atoms with Gasteiger partial charge in [-0.15, -0.1) is 11.3 Å². The van der Waals surface area contributed by atoms with Gasteiger partial charge >= 0.3 is 0 Å². The molecule has 1 fully saturated rings. The molecule has 0 unspecified atom stereocenters. The highest BCUT2D eigenvalue weighted by Gasteiger charge is 2.25. The first-order chi connectivity index (χ1) is 18.5. The average Bonchev–Trinajstić information content (AvgIpc) is 3.36. The first-order valence-electron chi connectivity index (χ1n) is 12.7. The number of amides is 1. The van der Waals surface area contributed by atoms with Gasteiger partial charge in [-0.1, -0.05) is 11.6 Å². The summed E-state index contributed by atoms with van der Waals surface area (Å²) in [6.07, 6.45) is 3.57. The third-order valence-corrected chi connectivity index (χ3v) is 10.5. The van der Waals surface area contributed by atoms with Crippen LogP contribution in [0, 0.1) is 0 Å². The second-order valence-electron chi connectivity index (χ2n) is 9.95. The second-order valence-corrected chi connectivity index (χ2v) is 14.0. The van der Waals surface area contributed by atoms with Gasteiger partial charge in [0.25, 0.3) is 0 Å². The van der Waals surface area contributed by atoms with Crippen molar-refractivity contribution < 1.29 is 13.2 Å². The number of rotatable bonds is 10. The number of carbonyl (C=O) groups excluding carboxylic acids is 1. The van der Waals surface area contributed by atoms with E-state index in [2.05, 4.69) is 49.8 Å². The molecule has 10 nitrogen and oxygen atoms in total. The molecule has 3 heterocycles. The predicted molar refractivity (Wildman–Crippen MR) is 158 cm³/mol. The number of nitrogens with zero attached hydrogens (tertiary/aromatic N) is 4. The Morgan fingerprint density at radius 1 is 1.13 bits per heavy atom. The molecule has 210 valence electrons. The SMILES string of the molecule is CC(C)S(=O)(=O)c1sccc1Nc1nc(Nc2ccc(NC(=O)CN3CCC(N(C)C)CC3)cc2)ncc1Cl. The molecule has 39 heavy (non-hydrogen) atoms. The summed E-state index contributed by atoms with van der Waals surface area (Å²) in [7, 11) is 0.738. The summed E-state index contributed by atoms with van der Waals surface area (Å²) in [5.74, 6) is 0.526.